The smallest absolute Gasteiger partial charge is 0.308 e. The Kier molecular flexibility index (Phi) is 7.37. The molecule has 1 fully saturated rings. The van der Waals surface area contributed by atoms with E-state index in [1.54, 1.807) is 12.1 Å². The van der Waals surface area contributed by atoms with Crippen molar-refractivity contribution in [2.45, 2.75) is 57.9 Å². The number of aliphatic hydroxyl groups excluding tert-OH is 1. The summed E-state index contributed by atoms with van der Waals surface area (Å²) in [5.41, 5.74) is 2.72. The Labute approximate surface area is 197 Å². The maximum absolute atomic E-state index is 13.5. The average molecular weight is 466 g/mol. The molecule has 0 bridgehead atoms. The Morgan fingerprint density at radius 1 is 1.21 bits per heavy atom. The number of carbonyl (C=O) groups excluding carboxylic acids is 2. The molecule has 0 saturated carbocycles. The van der Waals surface area contributed by atoms with Crippen LogP contribution in [0.15, 0.2) is 54.6 Å². The molecule has 0 spiro atoms. The number of benzene rings is 2. The van der Waals surface area contributed by atoms with Crippen molar-refractivity contribution in [1.82, 2.24) is 14.9 Å². The summed E-state index contributed by atoms with van der Waals surface area (Å²) < 4.78 is 20.9. The van der Waals surface area contributed by atoms with Gasteiger partial charge in [0, 0.05) is 31.5 Å². The number of rotatable bonds is 8. The molecule has 2 N–H and O–H groups in total. The number of aliphatic hydroxyl groups is 1. The van der Waals surface area contributed by atoms with E-state index in [1.807, 2.05) is 41.8 Å². The predicted molar refractivity (Wildman–Crippen MR) is 124 cm³/mol. The van der Waals surface area contributed by atoms with Crippen LogP contribution in [-0.4, -0.2) is 38.7 Å². The van der Waals surface area contributed by atoms with Crippen LogP contribution in [0.2, 0.25) is 0 Å². The van der Waals surface area contributed by atoms with E-state index in [1.165, 1.54) is 12.1 Å². The van der Waals surface area contributed by atoms with E-state index in [0.717, 1.165) is 11.3 Å². The third-order valence-corrected chi connectivity index (χ3v) is 5.93. The van der Waals surface area contributed by atoms with Crippen molar-refractivity contribution in [1.29, 1.82) is 0 Å². The predicted octanol–water partition coefficient (Wildman–Crippen LogP) is 3.64. The molecule has 1 amide bonds. The Morgan fingerprint density at radius 3 is 2.62 bits per heavy atom. The van der Waals surface area contributed by atoms with Crippen molar-refractivity contribution in [3.63, 3.8) is 0 Å². The molecule has 0 aliphatic carbocycles. The van der Waals surface area contributed by atoms with Crippen LogP contribution >= 0.6 is 0 Å². The average Bonchev–Trinajstić information content (AvgIpc) is 3.20. The normalized spacial score (nSPS) is 17.9. The number of esters is 1. The minimum atomic E-state index is -0.712. The number of ether oxygens (including phenoxy) is 1. The second-order valence-corrected chi connectivity index (χ2v) is 8.41. The number of nitrogens with zero attached hydrogens (tertiary/aromatic N) is 2. The molecule has 34 heavy (non-hydrogen) atoms. The van der Waals surface area contributed by atoms with Gasteiger partial charge in [0.1, 0.15) is 23.4 Å². The SMILES string of the molecule is CCc1c(C(=O)NCc2ccccc2)nc(-c2ccc(F)cc2)n1CC[C@@H]1C[C@@H](O)CC(=O)O1. The molecular formula is C26H28FN3O4. The number of amides is 1. The second kappa shape index (κ2) is 10.6. The van der Waals surface area contributed by atoms with Gasteiger partial charge in [-0.1, -0.05) is 37.3 Å². The highest BCUT2D eigenvalue weighted by atomic mass is 19.1. The van der Waals surface area contributed by atoms with Crippen molar-refractivity contribution in [2.75, 3.05) is 0 Å². The number of halogens is 1. The van der Waals surface area contributed by atoms with E-state index < -0.39 is 18.2 Å². The molecule has 1 aliphatic rings. The monoisotopic (exact) mass is 465 g/mol. The molecule has 1 aliphatic heterocycles. The summed E-state index contributed by atoms with van der Waals surface area (Å²) in [6.07, 6.45) is 0.267. The van der Waals surface area contributed by atoms with E-state index >= 15 is 0 Å². The quantitative estimate of drug-likeness (QED) is 0.496. The standard InChI is InChI=1S/C26H28FN3O4/c1-2-22-24(26(33)28-16-17-6-4-3-5-7-17)29-25(18-8-10-19(27)11-9-18)30(22)13-12-21-14-20(31)15-23(32)34-21/h3-11,20-21,31H,2,12-16H2,1H3,(H,28,33)/t20-,21-/m1/s1. The Bertz CT molecular complexity index is 1140. The Balaban J connectivity index is 1.62. The molecule has 1 aromatic heterocycles. The summed E-state index contributed by atoms with van der Waals surface area (Å²) in [5.74, 6) is -0.516. The first kappa shape index (κ1) is 23.6. The summed E-state index contributed by atoms with van der Waals surface area (Å²) in [5, 5.41) is 12.9. The summed E-state index contributed by atoms with van der Waals surface area (Å²) in [4.78, 5) is 29.5. The van der Waals surface area contributed by atoms with Crippen molar-refractivity contribution in [3.8, 4) is 11.4 Å². The van der Waals surface area contributed by atoms with Crippen molar-refractivity contribution in [3.05, 3.63) is 77.4 Å². The zero-order valence-electron chi connectivity index (χ0n) is 19.0. The van der Waals surface area contributed by atoms with Gasteiger partial charge >= 0.3 is 5.97 Å². The van der Waals surface area contributed by atoms with E-state index in [2.05, 4.69) is 10.3 Å². The number of hydrogen-bond acceptors (Lipinski definition) is 5. The van der Waals surface area contributed by atoms with Crippen molar-refractivity contribution < 1.29 is 23.8 Å². The lowest BCUT2D eigenvalue weighted by molar-refractivity contribution is -0.160. The molecule has 0 radical (unpaired) electrons. The van der Waals surface area contributed by atoms with Gasteiger partial charge < -0.3 is 19.7 Å². The van der Waals surface area contributed by atoms with Crippen LogP contribution < -0.4 is 5.32 Å². The lowest BCUT2D eigenvalue weighted by atomic mass is 10.0. The van der Waals surface area contributed by atoms with Crippen LogP contribution in [0.25, 0.3) is 11.4 Å². The summed E-state index contributed by atoms with van der Waals surface area (Å²) in [6, 6.07) is 15.6. The lowest BCUT2D eigenvalue weighted by Crippen LogP contribution is -2.33. The fourth-order valence-corrected chi connectivity index (χ4v) is 4.26. The molecule has 8 heteroatoms. The molecule has 3 aromatic rings. The Morgan fingerprint density at radius 2 is 1.94 bits per heavy atom. The van der Waals surface area contributed by atoms with E-state index in [-0.39, 0.29) is 18.1 Å². The molecule has 4 rings (SSSR count). The van der Waals surface area contributed by atoms with Gasteiger partial charge in [0.05, 0.1) is 18.2 Å². The molecule has 178 valence electrons. The van der Waals surface area contributed by atoms with Gasteiger partial charge in [-0.05, 0) is 36.2 Å². The van der Waals surface area contributed by atoms with Gasteiger partial charge in [-0.3, -0.25) is 9.59 Å². The molecule has 7 nitrogen and oxygen atoms in total. The first-order valence-electron chi connectivity index (χ1n) is 11.5. The number of aromatic nitrogens is 2. The van der Waals surface area contributed by atoms with E-state index in [4.69, 9.17) is 4.74 Å². The topological polar surface area (TPSA) is 93.5 Å². The fourth-order valence-electron chi connectivity index (χ4n) is 4.26. The van der Waals surface area contributed by atoms with Crippen molar-refractivity contribution in [2.24, 2.45) is 0 Å². The zero-order chi connectivity index (χ0) is 24.1. The molecule has 0 unspecified atom stereocenters. The van der Waals surface area contributed by atoms with Gasteiger partial charge in [-0.25, -0.2) is 9.37 Å². The minimum Gasteiger partial charge on any atom is -0.462 e. The molecule has 1 saturated heterocycles. The van der Waals surface area contributed by atoms with Crippen LogP contribution in [0.1, 0.15) is 47.9 Å². The second-order valence-electron chi connectivity index (χ2n) is 8.41. The summed E-state index contributed by atoms with van der Waals surface area (Å²) >= 11 is 0. The number of carbonyl (C=O) groups is 2. The maximum atomic E-state index is 13.5. The zero-order valence-corrected chi connectivity index (χ0v) is 19.0. The van der Waals surface area contributed by atoms with E-state index in [9.17, 15) is 19.1 Å². The third kappa shape index (κ3) is 5.51. The van der Waals surface area contributed by atoms with Gasteiger partial charge in [0.25, 0.3) is 5.91 Å². The number of nitrogens with one attached hydrogen (secondary N) is 1. The van der Waals surface area contributed by atoms with Crippen LogP contribution in [0, 0.1) is 5.82 Å². The van der Waals surface area contributed by atoms with Gasteiger partial charge in [0.2, 0.25) is 0 Å². The summed E-state index contributed by atoms with van der Waals surface area (Å²) in [7, 11) is 0. The van der Waals surface area contributed by atoms with Crippen LogP contribution in [0.4, 0.5) is 4.39 Å². The highest BCUT2D eigenvalue weighted by Gasteiger charge is 2.28. The summed E-state index contributed by atoms with van der Waals surface area (Å²) in [6.45, 7) is 2.75. The highest BCUT2D eigenvalue weighted by molar-refractivity contribution is 5.94. The largest absolute Gasteiger partial charge is 0.462 e. The van der Waals surface area contributed by atoms with Gasteiger partial charge in [-0.2, -0.15) is 0 Å². The number of cyclic esters (lactones) is 1. The molecule has 2 heterocycles. The van der Waals surface area contributed by atoms with Crippen molar-refractivity contribution >= 4 is 11.9 Å². The molecule has 2 aromatic carbocycles. The molecule has 2 atom stereocenters. The number of imidazole rings is 1. The first-order valence-corrected chi connectivity index (χ1v) is 11.5. The van der Waals surface area contributed by atoms with Gasteiger partial charge in [0.15, 0.2) is 0 Å². The maximum Gasteiger partial charge on any atom is 0.308 e. The van der Waals surface area contributed by atoms with Crippen LogP contribution in [0.5, 0.6) is 0 Å². The molecular weight excluding hydrogens is 437 g/mol. The first-order chi connectivity index (χ1) is 16.4. The number of hydrogen-bond donors (Lipinski definition) is 2. The highest BCUT2D eigenvalue weighted by Crippen LogP contribution is 2.26. The van der Waals surface area contributed by atoms with E-state index in [0.29, 0.717) is 49.4 Å². The van der Waals surface area contributed by atoms with Gasteiger partial charge in [-0.15, -0.1) is 0 Å². The van der Waals surface area contributed by atoms with Crippen LogP contribution in [-0.2, 0) is 29.0 Å². The Hall–Kier alpha value is -3.52. The minimum absolute atomic E-state index is 0.00828. The fraction of sp³-hybridized carbons (Fsp3) is 0.346. The van der Waals surface area contributed by atoms with Crippen LogP contribution in [0.3, 0.4) is 0 Å². The third-order valence-electron chi connectivity index (χ3n) is 5.93. The lowest BCUT2D eigenvalue weighted by Gasteiger charge is -2.26.